The molecular formula is C20H30IN5O. The van der Waals surface area contributed by atoms with Crippen molar-refractivity contribution in [3.8, 4) is 0 Å². The molecule has 0 unspecified atom stereocenters. The summed E-state index contributed by atoms with van der Waals surface area (Å²) in [5, 5.41) is 3.40. The Kier molecular flexibility index (Phi) is 9.06. The molecule has 1 aromatic carbocycles. The summed E-state index contributed by atoms with van der Waals surface area (Å²) in [6.45, 7) is 3.92. The van der Waals surface area contributed by atoms with Crippen molar-refractivity contribution < 1.29 is 4.74 Å². The first-order valence-corrected chi connectivity index (χ1v) is 9.29. The maximum Gasteiger partial charge on any atom is 0.193 e. The van der Waals surface area contributed by atoms with Crippen LogP contribution in [-0.2, 0) is 17.8 Å². The van der Waals surface area contributed by atoms with E-state index < -0.39 is 0 Å². The molecule has 1 N–H and O–H groups in total. The van der Waals surface area contributed by atoms with Crippen LogP contribution in [0.1, 0.15) is 24.2 Å². The van der Waals surface area contributed by atoms with Crippen LogP contribution in [-0.4, -0.2) is 54.3 Å². The van der Waals surface area contributed by atoms with Gasteiger partial charge < -0.3 is 19.5 Å². The lowest BCUT2D eigenvalue weighted by Gasteiger charge is -2.22. The second-order valence-electron chi connectivity index (χ2n) is 6.80. The molecule has 148 valence electrons. The predicted octanol–water partition coefficient (Wildman–Crippen LogP) is 2.98. The Balaban J connectivity index is 0.00000261. The van der Waals surface area contributed by atoms with Crippen LogP contribution >= 0.6 is 24.0 Å². The number of ether oxygens (including phenoxy) is 1. The van der Waals surface area contributed by atoms with Gasteiger partial charge in [0.1, 0.15) is 5.82 Å². The summed E-state index contributed by atoms with van der Waals surface area (Å²) >= 11 is 0. The van der Waals surface area contributed by atoms with Crippen molar-refractivity contribution in [2.75, 3.05) is 33.9 Å². The smallest absolute Gasteiger partial charge is 0.193 e. The summed E-state index contributed by atoms with van der Waals surface area (Å²) in [5.41, 5.74) is 1.26. The van der Waals surface area contributed by atoms with Crippen LogP contribution in [0.5, 0.6) is 0 Å². The molecule has 1 fully saturated rings. The highest BCUT2D eigenvalue weighted by atomic mass is 127. The van der Waals surface area contributed by atoms with Gasteiger partial charge in [-0.3, -0.25) is 4.99 Å². The second-order valence-corrected chi connectivity index (χ2v) is 6.80. The van der Waals surface area contributed by atoms with E-state index in [0.29, 0.717) is 6.54 Å². The van der Waals surface area contributed by atoms with Crippen LogP contribution in [0.25, 0.3) is 0 Å². The molecule has 1 saturated carbocycles. The van der Waals surface area contributed by atoms with E-state index in [1.807, 2.05) is 25.5 Å². The molecule has 1 aromatic heterocycles. The molecule has 1 aliphatic carbocycles. The van der Waals surface area contributed by atoms with Gasteiger partial charge in [0.05, 0.1) is 13.2 Å². The van der Waals surface area contributed by atoms with Gasteiger partial charge in [0.2, 0.25) is 0 Å². The summed E-state index contributed by atoms with van der Waals surface area (Å²) in [5.74, 6) is 2.66. The third-order valence-corrected chi connectivity index (χ3v) is 4.60. The zero-order valence-corrected chi connectivity index (χ0v) is 18.5. The van der Waals surface area contributed by atoms with E-state index in [9.17, 15) is 0 Å². The Morgan fingerprint density at radius 2 is 2.11 bits per heavy atom. The summed E-state index contributed by atoms with van der Waals surface area (Å²) in [7, 11) is 3.84. The molecule has 3 rings (SSSR count). The van der Waals surface area contributed by atoms with Crippen LogP contribution in [0.15, 0.2) is 47.7 Å². The summed E-state index contributed by atoms with van der Waals surface area (Å²) in [6.07, 6.45) is 6.52. The molecule has 1 aliphatic rings. The fourth-order valence-electron chi connectivity index (χ4n) is 2.82. The molecule has 0 radical (unpaired) electrons. The lowest BCUT2D eigenvalue weighted by molar-refractivity contribution is 0.115. The van der Waals surface area contributed by atoms with E-state index in [-0.39, 0.29) is 24.0 Å². The summed E-state index contributed by atoms with van der Waals surface area (Å²) in [6, 6.07) is 10.4. The molecule has 0 saturated heterocycles. The van der Waals surface area contributed by atoms with Gasteiger partial charge in [0.15, 0.2) is 5.96 Å². The molecule has 27 heavy (non-hydrogen) atoms. The lowest BCUT2D eigenvalue weighted by atomic mass is 10.2. The van der Waals surface area contributed by atoms with Crippen LogP contribution < -0.4 is 5.32 Å². The third kappa shape index (κ3) is 7.14. The number of halogens is 1. The van der Waals surface area contributed by atoms with Crippen LogP contribution in [0.4, 0.5) is 0 Å². The van der Waals surface area contributed by atoms with Gasteiger partial charge in [-0.1, -0.05) is 30.3 Å². The van der Waals surface area contributed by atoms with E-state index in [0.717, 1.165) is 44.0 Å². The number of guanidine groups is 1. The molecule has 0 atom stereocenters. The minimum atomic E-state index is 0. The molecule has 7 heteroatoms. The van der Waals surface area contributed by atoms with Crippen molar-refractivity contribution in [2.45, 2.75) is 25.9 Å². The van der Waals surface area contributed by atoms with Gasteiger partial charge in [-0.2, -0.15) is 0 Å². The van der Waals surface area contributed by atoms with Crippen LogP contribution in [0.2, 0.25) is 0 Å². The van der Waals surface area contributed by atoms with Gasteiger partial charge in [0.25, 0.3) is 0 Å². The molecule has 0 bridgehead atoms. The van der Waals surface area contributed by atoms with Gasteiger partial charge in [-0.05, 0) is 24.3 Å². The van der Waals surface area contributed by atoms with Gasteiger partial charge in [-0.15, -0.1) is 24.0 Å². The first kappa shape index (κ1) is 21.7. The fourth-order valence-corrected chi connectivity index (χ4v) is 2.82. The Morgan fingerprint density at radius 1 is 1.33 bits per heavy atom. The Bertz CT molecular complexity index is 699. The van der Waals surface area contributed by atoms with Crippen LogP contribution in [0.3, 0.4) is 0 Å². The highest BCUT2D eigenvalue weighted by Gasteiger charge is 2.21. The average molecular weight is 483 g/mol. The molecule has 0 spiro atoms. The average Bonchev–Trinajstić information content (AvgIpc) is 3.39. The van der Waals surface area contributed by atoms with Crippen molar-refractivity contribution >= 4 is 29.9 Å². The number of imidazole rings is 1. The van der Waals surface area contributed by atoms with Gasteiger partial charge in [0, 0.05) is 46.2 Å². The van der Waals surface area contributed by atoms with Crippen molar-refractivity contribution in [3.05, 3.63) is 54.1 Å². The first-order valence-electron chi connectivity index (χ1n) is 9.29. The molecule has 2 aromatic rings. The number of aromatic nitrogens is 2. The summed E-state index contributed by atoms with van der Waals surface area (Å²) in [4.78, 5) is 10.9. The number of hydrogen-bond donors (Lipinski definition) is 1. The number of aliphatic imine (C=N–C) groups is 1. The minimum absolute atomic E-state index is 0. The molecule has 0 aliphatic heterocycles. The van der Waals surface area contributed by atoms with Crippen molar-refractivity contribution in [1.29, 1.82) is 0 Å². The zero-order valence-electron chi connectivity index (χ0n) is 16.2. The van der Waals surface area contributed by atoms with Crippen molar-refractivity contribution in [3.63, 3.8) is 0 Å². The van der Waals surface area contributed by atoms with E-state index in [1.54, 1.807) is 7.05 Å². The molecule has 0 amide bonds. The largest absolute Gasteiger partial charge is 0.379 e. The standard InChI is InChI=1S/C20H29N5O.HI/c1-21-20(24(2)12-13-26-16-18-8-9-18)23-14-19-22-10-11-25(19)15-17-6-4-3-5-7-17;/h3-7,10-11,18H,8-9,12-16H2,1-2H3,(H,21,23);1H. The quantitative estimate of drug-likeness (QED) is 0.258. The maximum atomic E-state index is 5.72. The number of likely N-dealkylation sites (N-methyl/N-ethyl adjacent to an activating group) is 1. The zero-order chi connectivity index (χ0) is 18.2. The fraction of sp³-hybridized carbons (Fsp3) is 0.500. The topological polar surface area (TPSA) is 54.7 Å². The second kappa shape index (κ2) is 11.3. The third-order valence-electron chi connectivity index (χ3n) is 4.60. The number of nitrogens with zero attached hydrogens (tertiary/aromatic N) is 4. The monoisotopic (exact) mass is 483 g/mol. The van der Waals surface area contributed by atoms with Crippen molar-refractivity contribution in [2.24, 2.45) is 10.9 Å². The number of benzene rings is 1. The van der Waals surface area contributed by atoms with E-state index in [4.69, 9.17) is 4.74 Å². The highest BCUT2D eigenvalue weighted by Crippen LogP contribution is 2.28. The first-order chi connectivity index (χ1) is 12.8. The van der Waals surface area contributed by atoms with Gasteiger partial charge in [-0.25, -0.2) is 4.98 Å². The van der Waals surface area contributed by atoms with E-state index in [2.05, 4.69) is 49.0 Å². The lowest BCUT2D eigenvalue weighted by Crippen LogP contribution is -2.40. The minimum Gasteiger partial charge on any atom is -0.379 e. The number of nitrogens with one attached hydrogen (secondary N) is 1. The SMILES string of the molecule is CN=C(NCc1nccn1Cc1ccccc1)N(C)CCOCC1CC1.I. The maximum absolute atomic E-state index is 5.72. The van der Waals surface area contributed by atoms with E-state index in [1.165, 1.54) is 18.4 Å². The highest BCUT2D eigenvalue weighted by molar-refractivity contribution is 14.0. The number of hydrogen-bond acceptors (Lipinski definition) is 3. The van der Waals surface area contributed by atoms with Crippen LogP contribution in [0, 0.1) is 5.92 Å². The predicted molar refractivity (Wildman–Crippen MR) is 120 cm³/mol. The summed E-state index contributed by atoms with van der Waals surface area (Å²) < 4.78 is 7.88. The Hall–Kier alpha value is -1.61. The Labute approximate surface area is 179 Å². The Morgan fingerprint density at radius 3 is 2.81 bits per heavy atom. The van der Waals surface area contributed by atoms with E-state index >= 15 is 0 Å². The number of rotatable bonds is 9. The van der Waals surface area contributed by atoms with Crippen molar-refractivity contribution in [1.82, 2.24) is 19.8 Å². The molecule has 1 heterocycles. The van der Waals surface area contributed by atoms with Gasteiger partial charge >= 0.3 is 0 Å². The normalized spacial score (nSPS) is 13.9. The molecule has 6 nitrogen and oxygen atoms in total. The molecular weight excluding hydrogens is 453 g/mol.